The smallest absolute Gasteiger partial charge is 0.226 e. The standard InChI is InChI=1S/C24H28FN3O4S/c1-17-23(18(2)28(26-17)20-11-9-19(25)10-12-20)16-24(29)27(3)13-6-14-32-21-7-5-8-22(15-21)33(4,30)31/h5,7-12,15H,6,13-14,16H2,1-4H3. The quantitative estimate of drug-likeness (QED) is 0.445. The highest BCUT2D eigenvalue weighted by atomic mass is 32.2. The maximum atomic E-state index is 13.2. The molecule has 1 amide bonds. The van der Waals surface area contributed by atoms with Crippen LogP contribution in [0.1, 0.15) is 23.4 Å². The number of amides is 1. The third-order valence-electron chi connectivity index (χ3n) is 5.41. The Balaban J connectivity index is 1.54. The first-order valence-corrected chi connectivity index (χ1v) is 12.4. The predicted octanol–water partition coefficient (Wildman–Crippen LogP) is 3.50. The molecule has 3 aromatic rings. The van der Waals surface area contributed by atoms with Gasteiger partial charge in [-0.3, -0.25) is 4.79 Å². The van der Waals surface area contributed by atoms with Crippen LogP contribution in [0.4, 0.5) is 4.39 Å². The van der Waals surface area contributed by atoms with Crippen LogP contribution in [-0.4, -0.2) is 55.5 Å². The second-order valence-electron chi connectivity index (χ2n) is 7.98. The highest BCUT2D eigenvalue weighted by Crippen LogP contribution is 2.20. The predicted molar refractivity (Wildman–Crippen MR) is 124 cm³/mol. The Kier molecular flexibility index (Phi) is 7.53. The number of sulfone groups is 1. The first kappa shape index (κ1) is 24.4. The zero-order valence-corrected chi connectivity index (χ0v) is 20.0. The maximum absolute atomic E-state index is 13.2. The van der Waals surface area contributed by atoms with E-state index in [2.05, 4.69) is 5.10 Å². The van der Waals surface area contributed by atoms with Crippen LogP contribution in [0.2, 0.25) is 0 Å². The molecule has 0 aliphatic carbocycles. The maximum Gasteiger partial charge on any atom is 0.226 e. The lowest BCUT2D eigenvalue weighted by Crippen LogP contribution is -2.30. The van der Waals surface area contributed by atoms with E-state index in [0.29, 0.717) is 25.3 Å². The molecule has 0 atom stereocenters. The SMILES string of the molecule is Cc1nn(-c2ccc(F)cc2)c(C)c1CC(=O)N(C)CCCOc1cccc(S(C)(=O)=O)c1. The molecule has 176 valence electrons. The minimum absolute atomic E-state index is 0.0427. The van der Waals surface area contributed by atoms with Crippen molar-refractivity contribution in [2.45, 2.75) is 31.6 Å². The Morgan fingerprint density at radius 1 is 1.15 bits per heavy atom. The van der Waals surface area contributed by atoms with E-state index >= 15 is 0 Å². The van der Waals surface area contributed by atoms with Gasteiger partial charge in [0.1, 0.15) is 11.6 Å². The van der Waals surface area contributed by atoms with Crippen LogP contribution in [-0.2, 0) is 21.1 Å². The van der Waals surface area contributed by atoms with Crippen LogP contribution in [0, 0.1) is 19.7 Å². The van der Waals surface area contributed by atoms with Crippen molar-refractivity contribution in [2.24, 2.45) is 0 Å². The summed E-state index contributed by atoms with van der Waals surface area (Å²) in [5.74, 6) is 0.120. The van der Waals surface area contributed by atoms with E-state index < -0.39 is 9.84 Å². The normalized spacial score (nSPS) is 11.4. The van der Waals surface area contributed by atoms with Crippen LogP contribution < -0.4 is 4.74 Å². The second kappa shape index (κ2) is 10.2. The van der Waals surface area contributed by atoms with Gasteiger partial charge in [0.15, 0.2) is 9.84 Å². The molecule has 1 aromatic heterocycles. The van der Waals surface area contributed by atoms with Gasteiger partial charge < -0.3 is 9.64 Å². The van der Waals surface area contributed by atoms with Gasteiger partial charge in [0.05, 0.1) is 29.3 Å². The van der Waals surface area contributed by atoms with Crippen LogP contribution in [0.3, 0.4) is 0 Å². The molecule has 0 spiro atoms. The van der Waals surface area contributed by atoms with Crippen LogP contribution in [0.15, 0.2) is 53.4 Å². The molecule has 0 bridgehead atoms. The Morgan fingerprint density at radius 3 is 2.52 bits per heavy atom. The van der Waals surface area contributed by atoms with Gasteiger partial charge in [-0.1, -0.05) is 6.07 Å². The van der Waals surface area contributed by atoms with Crippen molar-refractivity contribution in [2.75, 3.05) is 26.5 Å². The van der Waals surface area contributed by atoms with Gasteiger partial charge in [-0.15, -0.1) is 0 Å². The zero-order valence-electron chi connectivity index (χ0n) is 19.2. The summed E-state index contributed by atoms with van der Waals surface area (Å²) in [6.07, 6.45) is 1.96. The first-order valence-electron chi connectivity index (χ1n) is 10.5. The number of hydrogen-bond donors (Lipinski definition) is 0. The molecular formula is C24H28FN3O4S. The fraction of sp³-hybridized carbons (Fsp3) is 0.333. The number of benzene rings is 2. The minimum Gasteiger partial charge on any atom is -0.493 e. The number of rotatable bonds is 9. The number of nitrogens with zero attached hydrogens (tertiary/aromatic N) is 3. The van der Waals surface area contributed by atoms with Gasteiger partial charge in [-0.2, -0.15) is 5.10 Å². The number of hydrogen-bond acceptors (Lipinski definition) is 5. The van der Waals surface area contributed by atoms with E-state index in [9.17, 15) is 17.6 Å². The first-order chi connectivity index (χ1) is 15.6. The van der Waals surface area contributed by atoms with Crippen molar-refractivity contribution < 1.29 is 22.3 Å². The summed E-state index contributed by atoms with van der Waals surface area (Å²) < 4.78 is 43.9. The number of ether oxygens (including phenoxy) is 1. The van der Waals surface area contributed by atoms with Gasteiger partial charge in [0.2, 0.25) is 5.91 Å². The topological polar surface area (TPSA) is 81.5 Å². The summed E-state index contributed by atoms with van der Waals surface area (Å²) in [5, 5.41) is 4.52. The van der Waals surface area contributed by atoms with Gasteiger partial charge in [0, 0.05) is 31.1 Å². The number of halogens is 1. The summed E-state index contributed by atoms with van der Waals surface area (Å²) in [5.41, 5.74) is 3.19. The molecule has 3 rings (SSSR count). The number of carbonyl (C=O) groups excluding carboxylic acids is 1. The van der Waals surface area contributed by atoms with Crippen molar-refractivity contribution in [1.29, 1.82) is 0 Å². The molecule has 0 saturated carbocycles. The van der Waals surface area contributed by atoms with E-state index in [0.717, 1.165) is 28.9 Å². The molecule has 0 N–H and O–H groups in total. The Labute approximate surface area is 193 Å². The molecule has 0 fully saturated rings. The summed E-state index contributed by atoms with van der Waals surface area (Å²) in [4.78, 5) is 14.6. The molecule has 0 aliphatic heterocycles. The second-order valence-corrected chi connectivity index (χ2v) is 9.99. The lowest BCUT2D eigenvalue weighted by atomic mass is 10.1. The molecule has 0 unspecified atom stereocenters. The van der Waals surface area contributed by atoms with E-state index in [1.54, 1.807) is 40.9 Å². The molecule has 0 aliphatic rings. The van der Waals surface area contributed by atoms with Gasteiger partial charge >= 0.3 is 0 Å². The third kappa shape index (κ3) is 6.19. The summed E-state index contributed by atoms with van der Waals surface area (Å²) in [7, 11) is -1.55. The molecule has 1 heterocycles. The van der Waals surface area contributed by atoms with Crippen molar-refractivity contribution in [3.05, 3.63) is 71.3 Å². The average molecular weight is 474 g/mol. The highest BCUT2D eigenvalue weighted by molar-refractivity contribution is 7.90. The van der Waals surface area contributed by atoms with Crippen molar-refractivity contribution >= 4 is 15.7 Å². The molecular weight excluding hydrogens is 445 g/mol. The van der Waals surface area contributed by atoms with Gasteiger partial charge in [0.25, 0.3) is 0 Å². The number of aryl methyl sites for hydroxylation is 1. The van der Waals surface area contributed by atoms with Gasteiger partial charge in [-0.25, -0.2) is 17.5 Å². The largest absolute Gasteiger partial charge is 0.493 e. The average Bonchev–Trinajstić information content (AvgIpc) is 3.05. The highest BCUT2D eigenvalue weighted by Gasteiger charge is 2.18. The van der Waals surface area contributed by atoms with Crippen molar-refractivity contribution in [3.8, 4) is 11.4 Å². The molecule has 33 heavy (non-hydrogen) atoms. The lowest BCUT2D eigenvalue weighted by molar-refractivity contribution is -0.129. The fourth-order valence-corrected chi connectivity index (χ4v) is 4.12. The molecule has 2 aromatic carbocycles. The molecule has 0 saturated heterocycles. The van der Waals surface area contributed by atoms with Crippen LogP contribution in [0.5, 0.6) is 5.75 Å². The van der Waals surface area contributed by atoms with Crippen LogP contribution in [0.25, 0.3) is 5.69 Å². The monoisotopic (exact) mass is 473 g/mol. The summed E-state index contributed by atoms with van der Waals surface area (Å²) in [6.45, 7) is 4.60. The fourth-order valence-electron chi connectivity index (χ4n) is 3.46. The Bertz CT molecular complexity index is 1240. The summed E-state index contributed by atoms with van der Waals surface area (Å²) >= 11 is 0. The van der Waals surface area contributed by atoms with Gasteiger partial charge in [-0.05, 0) is 62.7 Å². The number of aromatic nitrogens is 2. The van der Waals surface area contributed by atoms with Crippen molar-refractivity contribution in [3.63, 3.8) is 0 Å². The van der Waals surface area contributed by atoms with Crippen LogP contribution >= 0.6 is 0 Å². The Hall–Kier alpha value is -3.20. The number of likely N-dealkylation sites (N-methyl/N-ethyl adjacent to an activating group) is 1. The van der Waals surface area contributed by atoms with E-state index in [1.165, 1.54) is 24.3 Å². The van der Waals surface area contributed by atoms with E-state index in [4.69, 9.17) is 4.74 Å². The van der Waals surface area contributed by atoms with Crippen molar-refractivity contribution in [1.82, 2.24) is 14.7 Å². The third-order valence-corrected chi connectivity index (χ3v) is 6.52. The summed E-state index contributed by atoms with van der Waals surface area (Å²) in [6, 6.07) is 12.4. The Morgan fingerprint density at radius 2 is 1.85 bits per heavy atom. The molecule has 9 heteroatoms. The lowest BCUT2D eigenvalue weighted by Gasteiger charge is -2.17. The molecule has 7 nitrogen and oxygen atoms in total. The molecule has 0 radical (unpaired) electrons. The zero-order chi connectivity index (χ0) is 24.2. The minimum atomic E-state index is -3.29. The van der Waals surface area contributed by atoms with E-state index in [-0.39, 0.29) is 23.0 Å². The number of carbonyl (C=O) groups is 1. The van der Waals surface area contributed by atoms with E-state index in [1.807, 2.05) is 13.8 Å².